The number of nitrogens with zero attached hydrogens (tertiary/aromatic N) is 1. The molecule has 6 nitrogen and oxygen atoms in total. The van der Waals surface area contributed by atoms with Crippen molar-refractivity contribution >= 4 is 28.3 Å². The molecule has 1 aromatic carbocycles. The van der Waals surface area contributed by atoms with Gasteiger partial charge in [0.15, 0.2) is 0 Å². The Bertz CT molecular complexity index is 720. The quantitative estimate of drug-likeness (QED) is 0.763. The first-order valence-corrected chi connectivity index (χ1v) is 10.4. The summed E-state index contributed by atoms with van der Waals surface area (Å²) in [7, 11) is -3.57. The van der Waals surface area contributed by atoms with Gasteiger partial charge in [0.2, 0.25) is 10.0 Å². The minimum Gasteiger partial charge on any atom is -0.349 e. The number of carbonyl (C=O) groups excluding carboxylic acids is 1. The van der Waals surface area contributed by atoms with Crippen LogP contribution in [0.4, 0.5) is 0 Å². The summed E-state index contributed by atoms with van der Waals surface area (Å²) in [5.41, 5.74) is 1.21. The van der Waals surface area contributed by atoms with E-state index in [-0.39, 0.29) is 29.3 Å². The largest absolute Gasteiger partial charge is 0.349 e. The molecule has 2 N–H and O–H groups in total. The second kappa shape index (κ2) is 9.69. The maximum Gasteiger partial charge on any atom is 0.251 e. The lowest BCUT2D eigenvalue weighted by molar-refractivity contribution is 0.0913. The molecule has 0 aliphatic carbocycles. The molecule has 2 rings (SSSR count). The van der Waals surface area contributed by atoms with Crippen molar-refractivity contribution in [3.05, 3.63) is 29.3 Å². The van der Waals surface area contributed by atoms with Crippen LogP contribution in [0.25, 0.3) is 0 Å². The lowest BCUT2D eigenvalue weighted by atomic mass is 9.95. The van der Waals surface area contributed by atoms with Gasteiger partial charge in [-0.25, -0.2) is 8.42 Å². The Labute approximate surface area is 163 Å². The van der Waals surface area contributed by atoms with Crippen molar-refractivity contribution < 1.29 is 13.2 Å². The minimum atomic E-state index is -3.57. The zero-order valence-electron chi connectivity index (χ0n) is 15.9. The Morgan fingerprint density at radius 1 is 1.31 bits per heavy atom. The number of aryl methyl sites for hydroxylation is 1. The number of sulfonamides is 1. The van der Waals surface area contributed by atoms with Gasteiger partial charge >= 0.3 is 0 Å². The molecule has 8 heteroatoms. The zero-order chi connectivity index (χ0) is 18.6. The van der Waals surface area contributed by atoms with Crippen LogP contribution >= 0.6 is 12.4 Å². The highest BCUT2D eigenvalue weighted by Crippen LogP contribution is 2.20. The van der Waals surface area contributed by atoms with Crippen LogP contribution in [-0.4, -0.2) is 50.9 Å². The van der Waals surface area contributed by atoms with E-state index in [0.717, 1.165) is 25.1 Å². The van der Waals surface area contributed by atoms with E-state index in [4.69, 9.17) is 0 Å². The lowest BCUT2D eigenvalue weighted by Gasteiger charge is -2.30. The molecule has 0 spiro atoms. The highest BCUT2D eigenvalue weighted by atomic mass is 35.5. The average Bonchev–Trinajstić information content (AvgIpc) is 2.58. The fraction of sp³-hybridized carbons (Fsp3) is 0.611. The molecule has 0 aromatic heterocycles. The van der Waals surface area contributed by atoms with Crippen LogP contribution in [0.2, 0.25) is 0 Å². The van der Waals surface area contributed by atoms with Gasteiger partial charge in [-0.1, -0.05) is 26.8 Å². The highest BCUT2D eigenvalue weighted by molar-refractivity contribution is 7.89. The molecular weight excluding hydrogens is 374 g/mol. The van der Waals surface area contributed by atoms with E-state index in [0.29, 0.717) is 24.6 Å². The average molecular weight is 404 g/mol. The topological polar surface area (TPSA) is 78.5 Å². The molecule has 0 radical (unpaired) electrons. The molecule has 0 saturated carbocycles. The van der Waals surface area contributed by atoms with Gasteiger partial charge in [0.05, 0.1) is 4.90 Å². The molecule has 1 aromatic rings. The van der Waals surface area contributed by atoms with Crippen molar-refractivity contribution in [3.8, 4) is 0 Å². The molecule has 1 amide bonds. The molecule has 1 aliphatic heterocycles. The summed E-state index contributed by atoms with van der Waals surface area (Å²) in [6, 6.07) is 4.89. The third-order valence-electron chi connectivity index (χ3n) is 4.90. The van der Waals surface area contributed by atoms with Gasteiger partial charge in [0.1, 0.15) is 0 Å². The van der Waals surface area contributed by atoms with Gasteiger partial charge in [-0.2, -0.15) is 4.31 Å². The predicted molar refractivity (Wildman–Crippen MR) is 106 cm³/mol. The van der Waals surface area contributed by atoms with E-state index in [1.807, 2.05) is 6.92 Å². The van der Waals surface area contributed by atoms with Gasteiger partial charge in [-0.3, -0.25) is 4.79 Å². The first kappa shape index (κ1) is 22.9. The number of hydrogen-bond donors (Lipinski definition) is 2. The van der Waals surface area contributed by atoms with Crippen LogP contribution < -0.4 is 10.6 Å². The monoisotopic (exact) mass is 403 g/mol. The van der Waals surface area contributed by atoms with E-state index >= 15 is 0 Å². The van der Waals surface area contributed by atoms with Gasteiger partial charge in [-0.15, -0.1) is 12.4 Å². The van der Waals surface area contributed by atoms with E-state index in [1.54, 1.807) is 26.0 Å². The molecule has 0 bridgehead atoms. The second-order valence-corrected chi connectivity index (χ2v) is 8.55. The van der Waals surface area contributed by atoms with Crippen molar-refractivity contribution in [3.63, 3.8) is 0 Å². The highest BCUT2D eigenvalue weighted by Gasteiger charge is 2.26. The second-order valence-electron chi connectivity index (χ2n) is 6.62. The molecule has 148 valence electrons. The third-order valence-corrected chi connectivity index (χ3v) is 6.94. The van der Waals surface area contributed by atoms with Crippen molar-refractivity contribution in [2.24, 2.45) is 5.92 Å². The Kier molecular flexibility index (Phi) is 8.53. The molecule has 2 atom stereocenters. The molecule has 1 heterocycles. The van der Waals surface area contributed by atoms with Crippen LogP contribution in [0.5, 0.6) is 0 Å². The molecule has 2 unspecified atom stereocenters. The SMILES string of the molecule is CCN(CC)S(=O)(=O)c1ccc(C)c(C(=O)NC2CCNCC2C)c1.Cl. The van der Waals surface area contributed by atoms with Crippen LogP contribution in [-0.2, 0) is 10.0 Å². The van der Waals surface area contributed by atoms with Crippen LogP contribution in [0.1, 0.15) is 43.1 Å². The van der Waals surface area contributed by atoms with Gasteiger partial charge < -0.3 is 10.6 Å². The fourth-order valence-electron chi connectivity index (χ4n) is 3.19. The fourth-order valence-corrected chi connectivity index (χ4v) is 4.68. The van der Waals surface area contributed by atoms with Crippen LogP contribution in [0.3, 0.4) is 0 Å². The molecule has 26 heavy (non-hydrogen) atoms. The summed E-state index contributed by atoms with van der Waals surface area (Å²) in [4.78, 5) is 12.9. The number of piperidine rings is 1. The Morgan fingerprint density at radius 3 is 2.54 bits per heavy atom. The first-order chi connectivity index (χ1) is 11.8. The number of hydrogen-bond acceptors (Lipinski definition) is 4. The van der Waals surface area contributed by atoms with Gasteiger partial charge in [0, 0.05) is 24.7 Å². The number of benzene rings is 1. The third kappa shape index (κ3) is 4.97. The van der Waals surface area contributed by atoms with Crippen molar-refractivity contribution in [2.45, 2.75) is 45.1 Å². The summed E-state index contributed by atoms with van der Waals surface area (Å²) in [6.45, 7) is 10.1. The zero-order valence-corrected chi connectivity index (χ0v) is 17.5. The Balaban J connectivity index is 0.00000338. The predicted octanol–water partition coefficient (Wildman–Crippen LogP) is 2.18. The van der Waals surface area contributed by atoms with Gasteiger partial charge in [-0.05, 0) is 50.0 Å². The lowest BCUT2D eigenvalue weighted by Crippen LogP contribution is -2.48. The van der Waals surface area contributed by atoms with Crippen molar-refractivity contribution in [1.29, 1.82) is 0 Å². The molecular formula is C18H30ClN3O3S. The minimum absolute atomic E-state index is 0. The maximum absolute atomic E-state index is 12.7. The Hall–Kier alpha value is -1.15. The number of amides is 1. The molecule has 1 saturated heterocycles. The van der Waals surface area contributed by atoms with E-state index < -0.39 is 10.0 Å². The summed E-state index contributed by atoms with van der Waals surface area (Å²) >= 11 is 0. The number of nitrogens with one attached hydrogen (secondary N) is 2. The normalized spacial score (nSPS) is 20.5. The molecule has 1 aliphatic rings. The van der Waals surface area contributed by atoms with Crippen molar-refractivity contribution in [1.82, 2.24) is 14.9 Å². The van der Waals surface area contributed by atoms with E-state index in [2.05, 4.69) is 17.6 Å². The van der Waals surface area contributed by atoms with Gasteiger partial charge in [0.25, 0.3) is 5.91 Å². The summed E-state index contributed by atoms with van der Waals surface area (Å²) in [5, 5.41) is 6.38. The summed E-state index contributed by atoms with van der Waals surface area (Å²) < 4.78 is 26.8. The summed E-state index contributed by atoms with van der Waals surface area (Å²) in [6.07, 6.45) is 0.878. The number of carbonyl (C=O) groups is 1. The maximum atomic E-state index is 12.7. The summed E-state index contributed by atoms with van der Waals surface area (Å²) in [5.74, 6) is 0.147. The van der Waals surface area contributed by atoms with Crippen LogP contribution in [0, 0.1) is 12.8 Å². The van der Waals surface area contributed by atoms with E-state index in [1.165, 1.54) is 10.4 Å². The first-order valence-electron chi connectivity index (χ1n) is 8.93. The van der Waals surface area contributed by atoms with E-state index in [9.17, 15) is 13.2 Å². The number of halogens is 1. The van der Waals surface area contributed by atoms with Crippen LogP contribution in [0.15, 0.2) is 23.1 Å². The smallest absolute Gasteiger partial charge is 0.251 e. The standard InChI is InChI=1S/C18H29N3O3S.ClH/c1-5-21(6-2)25(23,24)15-8-7-13(3)16(11-15)18(22)20-17-9-10-19-12-14(17)4;/h7-8,11,14,17,19H,5-6,9-10,12H2,1-4H3,(H,20,22);1H. The number of rotatable bonds is 6. The molecule has 1 fully saturated rings. The van der Waals surface area contributed by atoms with Crippen molar-refractivity contribution in [2.75, 3.05) is 26.2 Å². The Morgan fingerprint density at radius 2 is 1.96 bits per heavy atom.